The Bertz CT molecular complexity index is 426. The maximum absolute atomic E-state index is 9.61. The third-order valence-corrected chi connectivity index (χ3v) is 3.64. The molecule has 0 spiro atoms. The molecule has 1 aliphatic rings. The van der Waals surface area contributed by atoms with Crippen LogP contribution in [-0.4, -0.2) is 24.4 Å². The van der Waals surface area contributed by atoms with Gasteiger partial charge in [-0.25, -0.2) is 0 Å². The van der Waals surface area contributed by atoms with Crippen molar-refractivity contribution in [1.29, 1.82) is 0 Å². The molecule has 19 heavy (non-hydrogen) atoms. The highest BCUT2D eigenvalue weighted by Gasteiger charge is 2.21. The van der Waals surface area contributed by atoms with E-state index in [2.05, 4.69) is 0 Å². The highest BCUT2D eigenvalue weighted by molar-refractivity contribution is 6.30. The Morgan fingerprint density at radius 2 is 2.05 bits per heavy atom. The van der Waals surface area contributed by atoms with Gasteiger partial charge in [-0.1, -0.05) is 11.6 Å². The number of rotatable bonds is 5. The highest BCUT2D eigenvalue weighted by atomic mass is 35.5. The number of methoxy groups -OCH3 is 1. The lowest BCUT2D eigenvalue weighted by atomic mass is 10.1. The number of benzene rings is 1. The molecule has 1 saturated carbocycles. The molecule has 0 aromatic heterocycles. The second-order valence-corrected chi connectivity index (χ2v) is 5.61. The Kier molecular flexibility index (Phi) is 4.94. The van der Waals surface area contributed by atoms with Gasteiger partial charge in [0.15, 0.2) is 11.5 Å². The van der Waals surface area contributed by atoms with E-state index in [0.717, 1.165) is 24.2 Å². The van der Waals surface area contributed by atoms with Gasteiger partial charge in [-0.05, 0) is 38.7 Å². The standard InChI is InChI=1S/C15H21ClO3/c1-10(17)7-11-8-12(16)9-14(18-2)15(11)19-13-5-3-4-6-13/h8-10,13,17H,3-7H2,1-2H3. The van der Waals surface area contributed by atoms with E-state index >= 15 is 0 Å². The van der Waals surface area contributed by atoms with Crippen LogP contribution in [0.4, 0.5) is 0 Å². The minimum atomic E-state index is -0.436. The third kappa shape index (κ3) is 3.77. The van der Waals surface area contributed by atoms with Crippen molar-refractivity contribution in [3.8, 4) is 11.5 Å². The van der Waals surface area contributed by atoms with Crippen molar-refractivity contribution < 1.29 is 14.6 Å². The molecule has 0 amide bonds. The summed E-state index contributed by atoms with van der Waals surface area (Å²) in [6.07, 6.45) is 4.93. The van der Waals surface area contributed by atoms with E-state index in [1.165, 1.54) is 12.8 Å². The average molecular weight is 285 g/mol. The smallest absolute Gasteiger partial charge is 0.164 e. The van der Waals surface area contributed by atoms with Crippen LogP contribution in [0.3, 0.4) is 0 Å². The minimum absolute atomic E-state index is 0.253. The van der Waals surface area contributed by atoms with Crippen LogP contribution in [0.25, 0.3) is 0 Å². The molecule has 1 aliphatic carbocycles. The monoisotopic (exact) mass is 284 g/mol. The molecule has 1 N–H and O–H groups in total. The summed E-state index contributed by atoms with van der Waals surface area (Å²) in [4.78, 5) is 0. The first-order valence-electron chi connectivity index (χ1n) is 6.81. The Labute approximate surface area is 119 Å². The Morgan fingerprint density at radius 3 is 2.63 bits per heavy atom. The summed E-state index contributed by atoms with van der Waals surface area (Å²) in [7, 11) is 1.61. The van der Waals surface area contributed by atoms with Gasteiger partial charge in [0.05, 0.1) is 19.3 Å². The van der Waals surface area contributed by atoms with Crippen LogP contribution in [0, 0.1) is 0 Å². The number of ether oxygens (including phenoxy) is 2. The fourth-order valence-corrected chi connectivity index (χ4v) is 2.78. The zero-order valence-corrected chi connectivity index (χ0v) is 12.2. The van der Waals surface area contributed by atoms with Crippen LogP contribution in [0.5, 0.6) is 11.5 Å². The largest absolute Gasteiger partial charge is 0.493 e. The van der Waals surface area contributed by atoms with Crippen molar-refractivity contribution >= 4 is 11.6 Å². The van der Waals surface area contributed by atoms with E-state index in [4.69, 9.17) is 21.1 Å². The average Bonchev–Trinajstić information content (AvgIpc) is 2.84. The van der Waals surface area contributed by atoms with Gasteiger partial charge in [0.25, 0.3) is 0 Å². The lowest BCUT2D eigenvalue weighted by molar-refractivity contribution is 0.181. The second-order valence-electron chi connectivity index (χ2n) is 5.17. The fourth-order valence-electron chi connectivity index (χ4n) is 2.55. The zero-order valence-electron chi connectivity index (χ0n) is 11.5. The van der Waals surface area contributed by atoms with Crippen LogP contribution in [0.15, 0.2) is 12.1 Å². The summed E-state index contributed by atoms with van der Waals surface area (Å²) in [6.45, 7) is 1.76. The predicted octanol–water partition coefficient (Wildman–Crippen LogP) is 3.59. The fraction of sp³-hybridized carbons (Fsp3) is 0.600. The molecule has 1 fully saturated rings. The first-order chi connectivity index (χ1) is 9.10. The molecule has 3 nitrogen and oxygen atoms in total. The molecule has 2 rings (SSSR count). The van der Waals surface area contributed by atoms with E-state index in [9.17, 15) is 5.11 Å². The van der Waals surface area contributed by atoms with Gasteiger partial charge in [0.2, 0.25) is 0 Å². The molecular weight excluding hydrogens is 264 g/mol. The molecular formula is C15H21ClO3. The Morgan fingerprint density at radius 1 is 1.37 bits per heavy atom. The normalized spacial score (nSPS) is 17.5. The zero-order chi connectivity index (χ0) is 13.8. The van der Waals surface area contributed by atoms with E-state index < -0.39 is 6.10 Å². The predicted molar refractivity (Wildman–Crippen MR) is 76.3 cm³/mol. The summed E-state index contributed by atoms with van der Waals surface area (Å²) in [5.41, 5.74) is 0.909. The van der Waals surface area contributed by atoms with E-state index in [1.807, 2.05) is 6.07 Å². The van der Waals surface area contributed by atoms with Gasteiger partial charge in [0.1, 0.15) is 0 Å². The molecule has 106 valence electrons. The van der Waals surface area contributed by atoms with Gasteiger partial charge < -0.3 is 14.6 Å². The highest BCUT2D eigenvalue weighted by Crippen LogP contribution is 2.38. The Hall–Kier alpha value is -0.930. The van der Waals surface area contributed by atoms with Gasteiger partial charge >= 0.3 is 0 Å². The molecule has 4 heteroatoms. The number of hydrogen-bond donors (Lipinski definition) is 1. The summed E-state index contributed by atoms with van der Waals surface area (Å²) < 4.78 is 11.5. The molecule has 1 atom stereocenters. The van der Waals surface area contributed by atoms with E-state index in [-0.39, 0.29) is 6.10 Å². The third-order valence-electron chi connectivity index (χ3n) is 3.42. The Balaban J connectivity index is 2.29. The number of aliphatic hydroxyl groups is 1. The van der Waals surface area contributed by atoms with Crippen molar-refractivity contribution in [3.63, 3.8) is 0 Å². The van der Waals surface area contributed by atoms with Gasteiger partial charge in [-0.3, -0.25) is 0 Å². The number of aliphatic hydroxyl groups excluding tert-OH is 1. The summed E-state index contributed by atoms with van der Waals surface area (Å²) >= 11 is 6.08. The SMILES string of the molecule is COc1cc(Cl)cc(CC(C)O)c1OC1CCCC1. The van der Waals surface area contributed by atoms with Crippen molar-refractivity contribution in [1.82, 2.24) is 0 Å². The first-order valence-corrected chi connectivity index (χ1v) is 7.19. The first kappa shape index (κ1) is 14.5. The molecule has 0 radical (unpaired) electrons. The van der Waals surface area contributed by atoms with Crippen LogP contribution >= 0.6 is 11.6 Å². The number of halogens is 1. The van der Waals surface area contributed by atoms with Crippen molar-refractivity contribution in [2.24, 2.45) is 0 Å². The van der Waals surface area contributed by atoms with E-state index in [1.54, 1.807) is 20.1 Å². The minimum Gasteiger partial charge on any atom is -0.493 e. The van der Waals surface area contributed by atoms with Crippen LogP contribution < -0.4 is 9.47 Å². The lowest BCUT2D eigenvalue weighted by Crippen LogP contribution is -2.14. The molecule has 0 heterocycles. The summed E-state index contributed by atoms with van der Waals surface area (Å²) in [5, 5.41) is 10.2. The van der Waals surface area contributed by atoms with Crippen molar-refractivity contribution in [3.05, 3.63) is 22.7 Å². The van der Waals surface area contributed by atoms with Gasteiger partial charge in [-0.15, -0.1) is 0 Å². The van der Waals surface area contributed by atoms with E-state index in [0.29, 0.717) is 17.2 Å². The number of hydrogen-bond acceptors (Lipinski definition) is 3. The molecule has 0 bridgehead atoms. The molecule has 0 saturated heterocycles. The maximum atomic E-state index is 9.61. The van der Waals surface area contributed by atoms with Gasteiger partial charge in [0, 0.05) is 23.1 Å². The van der Waals surface area contributed by atoms with Crippen molar-refractivity contribution in [2.75, 3.05) is 7.11 Å². The molecule has 1 aromatic rings. The van der Waals surface area contributed by atoms with Gasteiger partial charge in [-0.2, -0.15) is 0 Å². The molecule has 0 aliphatic heterocycles. The molecule has 1 unspecified atom stereocenters. The lowest BCUT2D eigenvalue weighted by Gasteiger charge is -2.20. The maximum Gasteiger partial charge on any atom is 0.164 e. The van der Waals surface area contributed by atoms with Crippen LogP contribution in [-0.2, 0) is 6.42 Å². The quantitative estimate of drug-likeness (QED) is 0.898. The summed E-state index contributed by atoms with van der Waals surface area (Å²) in [6, 6.07) is 3.61. The topological polar surface area (TPSA) is 38.7 Å². The van der Waals surface area contributed by atoms with Crippen molar-refractivity contribution in [2.45, 2.75) is 51.2 Å². The summed E-state index contributed by atoms with van der Waals surface area (Å²) in [5.74, 6) is 1.38. The van der Waals surface area contributed by atoms with Crippen LogP contribution in [0.1, 0.15) is 38.2 Å². The second kappa shape index (κ2) is 6.49. The van der Waals surface area contributed by atoms with Crippen LogP contribution in [0.2, 0.25) is 5.02 Å². The molecule has 1 aromatic carbocycles.